The van der Waals surface area contributed by atoms with Gasteiger partial charge in [-0.25, -0.2) is 4.79 Å². The number of esters is 1. The van der Waals surface area contributed by atoms with Gasteiger partial charge < -0.3 is 14.2 Å². The standard InChI is InChI=1S/C24H26N2O11S/c1-4-19-20(13-23(34-2)35-3)21(36-24(27)15-5-7-16(8-6-15)25(28)29)14-22(19)37-38(32,33)18-11-9-17(10-12-18)26(30)31/h4-12,19-23H,1,13-14H2,2-3H3/t19-,20-,21+,22-/m1/s1. The lowest BCUT2D eigenvalue weighted by atomic mass is 9.90. The van der Waals surface area contributed by atoms with Gasteiger partial charge in [-0.1, -0.05) is 6.08 Å². The van der Waals surface area contributed by atoms with Gasteiger partial charge in [-0.2, -0.15) is 8.42 Å². The van der Waals surface area contributed by atoms with Gasteiger partial charge in [-0.15, -0.1) is 6.58 Å². The molecule has 0 heterocycles. The van der Waals surface area contributed by atoms with Crippen LogP contribution >= 0.6 is 0 Å². The molecule has 0 N–H and O–H groups in total. The summed E-state index contributed by atoms with van der Waals surface area (Å²) in [4.78, 5) is 33.1. The molecule has 1 aliphatic carbocycles. The quantitative estimate of drug-likeness (QED) is 0.0942. The van der Waals surface area contributed by atoms with Crippen LogP contribution in [0, 0.1) is 32.1 Å². The second-order valence-electron chi connectivity index (χ2n) is 8.44. The number of non-ortho nitro benzene ring substituents is 2. The number of nitro groups is 2. The van der Waals surface area contributed by atoms with E-state index in [-0.39, 0.29) is 34.7 Å². The minimum atomic E-state index is -4.35. The minimum absolute atomic E-state index is 0.0214. The summed E-state index contributed by atoms with van der Waals surface area (Å²) in [5, 5.41) is 21.8. The number of nitro benzene ring substituents is 2. The normalized spacial score (nSPS) is 21.2. The van der Waals surface area contributed by atoms with Crippen LogP contribution in [0.3, 0.4) is 0 Å². The van der Waals surface area contributed by atoms with Crippen LogP contribution in [0.5, 0.6) is 0 Å². The Balaban J connectivity index is 1.85. The van der Waals surface area contributed by atoms with Gasteiger partial charge in [0, 0.05) is 63.2 Å². The van der Waals surface area contributed by atoms with Gasteiger partial charge in [-0.05, 0) is 24.3 Å². The Morgan fingerprint density at radius 3 is 2.00 bits per heavy atom. The first-order chi connectivity index (χ1) is 18.0. The van der Waals surface area contributed by atoms with Gasteiger partial charge >= 0.3 is 5.97 Å². The van der Waals surface area contributed by atoms with Crippen molar-refractivity contribution in [2.45, 2.75) is 36.2 Å². The van der Waals surface area contributed by atoms with E-state index in [0.717, 1.165) is 24.3 Å². The first-order valence-corrected chi connectivity index (χ1v) is 12.7. The third-order valence-corrected chi connectivity index (χ3v) is 7.64. The molecule has 0 aliphatic heterocycles. The molecule has 3 rings (SSSR count). The lowest BCUT2D eigenvalue weighted by Crippen LogP contribution is -2.30. The van der Waals surface area contributed by atoms with E-state index >= 15 is 0 Å². The monoisotopic (exact) mass is 550 g/mol. The molecule has 1 saturated carbocycles. The highest BCUT2D eigenvalue weighted by atomic mass is 32.2. The fraction of sp³-hybridized carbons (Fsp3) is 0.375. The largest absolute Gasteiger partial charge is 0.458 e. The minimum Gasteiger partial charge on any atom is -0.458 e. The lowest BCUT2D eigenvalue weighted by Gasteiger charge is -2.27. The number of ether oxygens (including phenoxy) is 3. The summed E-state index contributed by atoms with van der Waals surface area (Å²) in [6, 6.07) is 9.10. The van der Waals surface area contributed by atoms with Crippen molar-refractivity contribution in [2.24, 2.45) is 11.8 Å². The van der Waals surface area contributed by atoms with Crippen molar-refractivity contribution < 1.29 is 41.5 Å². The molecule has 204 valence electrons. The maximum absolute atomic E-state index is 13.0. The van der Waals surface area contributed by atoms with Crippen molar-refractivity contribution in [3.8, 4) is 0 Å². The van der Waals surface area contributed by atoms with Crippen LogP contribution in [0.4, 0.5) is 11.4 Å². The number of carbonyl (C=O) groups excluding carboxylic acids is 1. The van der Waals surface area contributed by atoms with Crippen molar-refractivity contribution in [1.82, 2.24) is 0 Å². The highest BCUT2D eigenvalue weighted by Crippen LogP contribution is 2.42. The number of nitrogens with zero attached hydrogens (tertiary/aromatic N) is 2. The summed E-state index contributed by atoms with van der Waals surface area (Å²) < 4.78 is 47.7. The van der Waals surface area contributed by atoms with E-state index in [0.29, 0.717) is 0 Å². The maximum atomic E-state index is 13.0. The summed E-state index contributed by atoms with van der Waals surface area (Å²) >= 11 is 0. The maximum Gasteiger partial charge on any atom is 0.338 e. The molecule has 38 heavy (non-hydrogen) atoms. The summed E-state index contributed by atoms with van der Waals surface area (Å²) in [5.74, 6) is -1.88. The molecular formula is C24H26N2O11S. The Hall–Kier alpha value is -3.72. The molecule has 1 fully saturated rings. The summed E-state index contributed by atoms with van der Waals surface area (Å²) in [5.41, 5.74) is -0.403. The van der Waals surface area contributed by atoms with Gasteiger partial charge in [0.2, 0.25) is 0 Å². The van der Waals surface area contributed by atoms with Crippen LogP contribution in [0.1, 0.15) is 23.2 Å². The van der Waals surface area contributed by atoms with E-state index in [1.165, 1.54) is 44.6 Å². The van der Waals surface area contributed by atoms with Crippen molar-refractivity contribution in [1.29, 1.82) is 0 Å². The van der Waals surface area contributed by atoms with Crippen LogP contribution in [0.2, 0.25) is 0 Å². The topological polar surface area (TPSA) is 174 Å². The zero-order chi connectivity index (χ0) is 28.0. The fourth-order valence-corrected chi connectivity index (χ4v) is 5.46. The molecule has 2 aromatic rings. The van der Waals surface area contributed by atoms with Crippen molar-refractivity contribution in [2.75, 3.05) is 14.2 Å². The van der Waals surface area contributed by atoms with E-state index in [2.05, 4.69) is 6.58 Å². The summed E-state index contributed by atoms with van der Waals surface area (Å²) in [7, 11) is -1.49. The Morgan fingerprint density at radius 1 is 1.00 bits per heavy atom. The van der Waals surface area contributed by atoms with Gasteiger partial charge in [0.25, 0.3) is 21.5 Å². The highest BCUT2D eigenvalue weighted by molar-refractivity contribution is 7.86. The number of hydrogen-bond donors (Lipinski definition) is 0. The first-order valence-electron chi connectivity index (χ1n) is 11.3. The van der Waals surface area contributed by atoms with Crippen molar-refractivity contribution in [3.05, 3.63) is 87.0 Å². The second-order valence-corrected chi connectivity index (χ2v) is 10.0. The third kappa shape index (κ3) is 6.58. The van der Waals surface area contributed by atoms with Gasteiger partial charge in [-0.3, -0.25) is 24.4 Å². The predicted octanol–water partition coefficient (Wildman–Crippen LogP) is 3.63. The van der Waals surface area contributed by atoms with Crippen molar-refractivity contribution >= 4 is 27.5 Å². The smallest absolute Gasteiger partial charge is 0.338 e. The molecule has 13 nitrogen and oxygen atoms in total. The molecule has 14 heteroatoms. The van der Waals surface area contributed by atoms with E-state index < -0.39 is 56.3 Å². The average Bonchev–Trinajstić information content (AvgIpc) is 3.21. The second kappa shape index (κ2) is 12.2. The summed E-state index contributed by atoms with van der Waals surface area (Å²) in [6.45, 7) is 3.80. The van der Waals surface area contributed by atoms with E-state index in [1.807, 2.05) is 0 Å². The molecule has 0 amide bonds. The Kier molecular flexibility index (Phi) is 9.27. The Bertz CT molecular complexity index is 1280. The van der Waals surface area contributed by atoms with Crippen LogP contribution < -0.4 is 0 Å². The van der Waals surface area contributed by atoms with Gasteiger partial charge in [0.1, 0.15) is 6.10 Å². The van der Waals surface area contributed by atoms with E-state index in [9.17, 15) is 33.4 Å². The number of carbonyl (C=O) groups is 1. The van der Waals surface area contributed by atoms with Crippen LogP contribution in [0.25, 0.3) is 0 Å². The average molecular weight is 551 g/mol. The predicted molar refractivity (Wildman–Crippen MR) is 132 cm³/mol. The molecule has 0 unspecified atom stereocenters. The van der Waals surface area contributed by atoms with Gasteiger partial charge in [0.15, 0.2) is 6.29 Å². The van der Waals surface area contributed by atoms with E-state index in [1.54, 1.807) is 0 Å². The van der Waals surface area contributed by atoms with Crippen LogP contribution in [-0.4, -0.2) is 57.0 Å². The van der Waals surface area contributed by atoms with Crippen LogP contribution in [0.15, 0.2) is 66.1 Å². The molecule has 0 spiro atoms. The lowest BCUT2D eigenvalue weighted by molar-refractivity contribution is -0.385. The third-order valence-electron chi connectivity index (χ3n) is 6.29. The number of benzene rings is 2. The Labute approximate surface area is 218 Å². The molecule has 0 saturated heterocycles. The molecular weight excluding hydrogens is 524 g/mol. The molecule has 0 radical (unpaired) electrons. The summed E-state index contributed by atoms with van der Waals surface area (Å²) in [6.07, 6.45) is -0.838. The number of hydrogen-bond acceptors (Lipinski definition) is 11. The zero-order valence-electron chi connectivity index (χ0n) is 20.5. The Morgan fingerprint density at radius 2 is 1.53 bits per heavy atom. The van der Waals surface area contributed by atoms with Crippen LogP contribution in [-0.2, 0) is 28.5 Å². The van der Waals surface area contributed by atoms with Crippen molar-refractivity contribution in [3.63, 3.8) is 0 Å². The molecule has 2 aromatic carbocycles. The first kappa shape index (κ1) is 28.8. The van der Waals surface area contributed by atoms with Gasteiger partial charge in [0.05, 0.1) is 26.4 Å². The molecule has 0 aromatic heterocycles. The number of rotatable bonds is 12. The number of methoxy groups -OCH3 is 2. The molecule has 4 atom stereocenters. The highest BCUT2D eigenvalue weighted by Gasteiger charge is 2.47. The fourth-order valence-electron chi connectivity index (χ4n) is 4.35. The van der Waals surface area contributed by atoms with E-state index in [4.69, 9.17) is 18.4 Å². The SMILES string of the molecule is C=C[C@@H]1[C@@H](CC(OC)OC)[C@@H](OC(=O)c2ccc([N+](=O)[O-])cc2)C[C@H]1OS(=O)(=O)c1ccc([N+](=O)[O-])cc1. The zero-order valence-corrected chi connectivity index (χ0v) is 21.3. The molecule has 1 aliphatic rings. The molecule has 0 bridgehead atoms.